The zero-order chi connectivity index (χ0) is 33.2. The van der Waals surface area contributed by atoms with Gasteiger partial charge in [-0.05, 0) is 39.2 Å². The predicted molar refractivity (Wildman–Crippen MR) is 202 cm³/mol. The van der Waals surface area contributed by atoms with Crippen LogP contribution < -0.4 is 9.15 Å². The third-order valence-electron chi connectivity index (χ3n) is 9.30. The Morgan fingerprint density at radius 3 is 1.15 bits per heavy atom. The number of rotatable bonds is 6. The summed E-state index contributed by atoms with van der Waals surface area (Å²) in [5.41, 5.74) is 15.3. The van der Waals surface area contributed by atoms with Gasteiger partial charge in [0.1, 0.15) is 0 Å². The summed E-state index contributed by atoms with van der Waals surface area (Å²) in [6.45, 7) is 18.3. The molecule has 0 atom stereocenters. The smallest absolute Gasteiger partial charge is 0.657 e. The van der Waals surface area contributed by atoms with Gasteiger partial charge in [0.15, 0.2) is 0 Å². The molecule has 3 nitrogen and oxygen atoms in total. The van der Waals surface area contributed by atoms with E-state index >= 15 is 0 Å². The molecule has 248 valence electrons. The average molecular weight is 816 g/mol. The molecule has 2 aliphatic heterocycles. The van der Waals surface area contributed by atoms with Gasteiger partial charge in [0.05, 0.1) is 0 Å². The molecule has 0 radical (unpaired) electrons. The van der Waals surface area contributed by atoms with Crippen molar-refractivity contribution in [3.05, 3.63) is 148 Å². The minimum Gasteiger partial charge on any atom is -0.657 e. The Morgan fingerprint density at radius 1 is 0.458 bits per heavy atom. The van der Waals surface area contributed by atoms with E-state index in [2.05, 4.69) is 173 Å². The Bertz CT molecular complexity index is 1760. The van der Waals surface area contributed by atoms with E-state index in [-0.39, 0.29) is 22.4 Å². The van der Waals surface area contributed by atoms with Crippen LogP contribution in [0.5, 0.6) is 0 Å². The number of para-hydroxylation sites is 6. The molecular weight excluding hydrogens is 767 g/mol. The predicted octanol–water partition coefficient (Wildman–Crippen LogP) is 13.0. The topological polar surface area (TPSA) is 20.1 Å². The molecule has 0 aliphatic carbocycles. The van der Waals surface area contributed by atoms with Gasteiger partial charge < -0.3 is 5.32 Å². The maximum atomic E-state index is 4.61. The van der Waals surface area contributed by atoms with Crippen LogP contribution in [0.15, 0.2) is 109 Å². The van der Waals surface area contributed by atoms with Crippen LogP contribution in [0.2, 0.25) is 0 Å². The molecule has 0 bridgehead atoms. The zero-order valence-electron chi connectivity index (χ0n) is 29.6. The van der Waals surface area contributed by atoms with E-state index < -0.39 is 0 Å². The first-order valence-electron chi connectivity index (χ1n) is 17.2. The normalized spacial score (nSPS) is 12.8. The summed E-state index contributed by atoms with van der Waals surface area (Å²) in [4.78, 5) is 0. The summed E-state index contributed by atoms with van der Waals surface area (Å²) in [5, 5.41) is 4.61. The minimum absolute atomic E-state index is 0. The van der Waals surface area contributed by atoms with Crippen LogP contribution in [0.25, 0.3) is 5.32 Å². The third kappa shape index (κ3) is 6.93. The van der Waals surface area contributed by atoms with Crippen molar-refractivity contribution in [3.63, 3.8) is 0 Å². The van der Waals surface area contributed by atoms with Gasteiger partial charge in [0.2, 0.25) is 11.4 Å². The van der Waals surface area contributed by atoms with Gasteiger partial charge in [-0.1, -0.05) is 164 Å². The van der Waals surface area contributed by atoms with Crippen LogP contribution in [0.1, 0.15) is 112 Å². The van der Waals surface area contributed by atoms with Crippen LogP contribution in [0.3, 0.4) is 0 Å². The summed E-state index contributed by atoms with van der Waals surface area (Å²) < 4.78 is 4.64. The fourth-order valence-electron chi connectivity index (χ4n) is 6.80. The van der Waals surface area contributed by atoms with Gasteiger partial charge >= 0.3 is 28.4 Å². The maximum Gasteiger partial charge on any atom is 1.00 e. The molecule has 0 saturated carbocycles. The van der Waals surface area contributed by atoms with E-state index in [9.17, 15) is 0 Å². The van der Waals surface area contributed by atoms with Gasteiger partial charge in [-0.25, -0.2) is 0 Å². The van der Waals surface area contributed by atoms with Crippen molar-refractivity contribution in [3.8, 4) is 0 Å². The average Bonchev–Trinajstić information content (AvgIpc) is 3.45. The SMILES string of the molecule is CC(C)c1cccc(C(C)C)c1[N+]1=C=[N+](c2c(C(C)C)cccc2C(C)C)c2ccccc21.[Au+].c1ccc2c(c1)Cc1ccccc1[N-]2. The van der Waals surface area contributed by atoms with Crippen LogP contribution in [0.4, 0.5) is 34.1 Å². The molecule has 0 saturated heterocycles. The first-order chi connectivity index (χ1) is 22.7. The zero-order valence-corrected chi connectivity index (χ0v) is 31.7. The van der Waals surface area contributed by atoms with Gasteiger partial charge in [-0.3, -0.25) is 0 Å². The van der Waals surface area contributed by atoms with E-state index in [1.54, 1.807) is 0 Å². The molecule has 48 heavy (non-hydrogen) atoms. The first-order valence-corrected chi connectivity index (χ1v) is 17.2. The number of hydrogen-bond acceptors (Lipinski definition) is 0. The molecule has 5 aromatic carbocycles. The second-order valence-electron chi connectivity index (χ2n) is 14.0. The molecule has 0 aromatic heterocycles. The van der Waals surface area contributed by atoms with Gasteiger partial charge in [0, 0.05) is 34.4 Å². The number of nitrogens with zero attached hydrogens (tertiary/aromatic N) is 3. The molecule has 0 amide bonds. The molecule has 4 heteroatoms. The molecule has 5 aromatic rings. The van der Waals surface area contributed by atoms with Crippen molar-refractivity contribution >= 4 is 40.1 Å². The Balaban J connectivity index is 0.000000249. The molecule has 0 unspecified atom stereocenters. The van der Waals surface area contributed by atoms with Crippen molar-refractivity contribution in [1.29, 1.82) is 0 Å². The Kier molecular flexibility index (Phi) is 11.1. The summed E-state index contributed by atoms with van der Waals surface area (Å²) in [7, 11) is 0. The molecular formula is C44H48AuN3+2. The molecule has 2 aliphatic rings. The van der Waals surface area contributed by atoms with Crippen LogP contribution >= 0.6 is 0 Å². The largest absolute Gasteiger partial charge is 1.00 e. The van der Waals surface area contributed by atoms with Gasteiger partial charge in [-0.15, -0.1) is 11.4 Å². The summed E-state index contributed by atoms with van der Waals surface area (Å²) in [5.74, 6) is 1.71. The third-order valence-corrected chi connectivity index (χ3v) is 9.30. The van der Waals surface area contributed by atoms with Crippen molar-refractivity contribution in [1.82, 2.24) is 9.15 Å². The second kappa shape index (κ2) is 15.1. The maximum absolute atomic E-state index is 4.61. The summed E-state index contributed by atoms with van der Waals surface area (Å²) >= 11 is 0. The summed E-state index contributed by atoms with van der Waals surface area (Å²) in [6, 6.07) is 42.8. The Morgan fingerprint density at radius 2 is 0.792 bits per heavy atom. The van der Waals surface area contributed by atoms with E-state index in [0.29, 0.717) is 23.7 Å². The van der Waals surface area contributed by atoms with Crippen LogP contribution in [-0.4, -0.2) is 6.01 Å². The Labute approximate surface area is 303 Å². The monoisotopic (exact) mass is 815 g/mol. The van der Waals surface area contributed by atoms with Crippen LogP contribution in [-0.2, 0) is 28.8 Å². The number of benzene rings is 5. The fraction of sp³-hybridized carbons (Fsp3) is 0.295. The van der Waals surface area contributed by atoms with Gasteiger partial charge in [0.25, 0.3) is 11.4 Å². The second-order valence-corrected chi connectivity index (χ2v) is 14.0. The van der Waals surface area contributed by atoms with Crippen molar-refractivity contribution in [2.24, 2.45) is 0 Å². The molecule has 0 N–H and O–H groups in total. The summed E-state index contributed by atoms with van der Waals surface area (Å²) in [6.07, 6.45) is 1.01. The fourth-order valence-corrected chi connectivity index (χ4v) is 6.80. The van der Waals surface area contributed by atoms with E-state index in [1.165, 1.54) is 56.1 Å². The van der Waals surface area contributed by atoms with E-state index in [1.807, 2.05) is 12.1 Å². The number of fused-ring (bicyclic) bond motifs is 3. The first kappa shape index (κ1) is 35.3. The molecule has 2 heterocycles. The van der Waals surface area contributed by atoms with E-state index in [0.717, 1.165) is 17.8 Å². The number of hydrogen-bond donors (Lipinski definition) is 0. The van der Waals surface area contributed by atoms with Gasteiger partial charge in [-0.2, -0.15) is 0 Å². The van der Waals surface area contributed by atoms with Crippen molar-refractivity contribution in [2.75, 3.05) is 0 Å². The van der Waals surface area contributed by atoms with Crippen molar-refractivity contribution in [2.45, 2.75) is 85.5 Å². The molecule has 0 spiro atoms. The Hall–Kier alpha value is -3.98. The molecule has 0 fully saturated rings. The van der Waals surface area contributed by atoms with Crippen LogP contribution in [0, 0.1) is 0 Å². The quantitative estimate of drug-likeness (QED) is 0.118. The van der Waals surface area contributed by atoms with Crippen molar-refractivity contribution < 1.29 is 22.4 Å². The molecule has 7 rings (SSSR count). The standard InChI is InChI=1S/C31H38N2.C13H10N.Au/c1-20(2)24-13-11-14-25(21(3)4)30(24)32-19-33(29-18-10-9-17-28(29)32)31-26(22(5)6)15-12-16-27(31)23(7)8;1-3-7-12-10(5-1)9-11-6-2-4-8-13(11)14-12;/h9-18,20-23H,1-8H3;1-8H,9H2;/q+2;-1;+1. The minimum atomic E-state index is 0. The van der Waals surface area contributed by atoms with E-state index in [4.69, 9.17) is 0 Å².